The number of primary amides is 1. The molecular formula is C38H78N4O. The highest BCUT2D eigenvalue weighted by Gasteiger charge is 2.08. The molecule has 0 rings (SSSR count). The predicted molar refractivity (Wildman–Crippen MR) is 192 cm³/mol. The van der Waals surface area contributed by atoms with Crippen LogP contribution >= 0.6 is 0 Å². The topological polar surface area (TPSA) is 84.7 Å². The summed E-state index contributed by atoms with van der Waals surface area (Å²) >= 11 is 0. The van der Waals surface area contributed by atoms with E-state index in [1.165, 1.54) is 180 Å². The Morgan fingerprint density at radius 2 is 0.744 bits per heavy atom. The quantitative estimate of drug-likeness (QED) is 0.0427. The second-order valence-electron chi connectivity index (χ2n) is 13.3. The van der Waals surface area contributed by atoms with Gasteiger partial charge in [0.25, 0.3) is 0 Å². The summed E-state index contributed by atoms with van der Waals surface area (Å²) < 4.78 is 0. The van der Waals surface area contributed by atoms with Gasteiger partial charge in [0.05, 0.1) is 0 Å². The van der Waals surface area contributed by atoms with Crippen molar-refractivity contribution in [3.63, 3.8) is 0 Å². The van der Waals surface area contributed by atoms with Crippen LogP contribution in [-0.2, 0) is 4.79 Å². The van der Waals surface area contributed by atoms with E-state index >= 15 is 0 Å². The van der Waals surface area contributed by atoms with Crippen molar-refractivity contribution >= 4 is 11.9 Å². The molecule has 0 spiro atoms. The standard InChI is InChI=1S/C38H78N4O/c1-3-5-7-9-11-13-15-17-19-21-23-25-27-31-35-42(38(40)41-34-30-29-33-37(39)43)36-32-28-26-24-22-20-18-16-14-12-10-8-6-4-2/h3-36H2,1-2H3,(H2,39,43)(H2,40,41). The minimum Gasteiger partial charge on any atom is -0.370 e. The van der Waals surface area contributed by atoms with E-state index in [0.717, 1.165) is 25.9 Å². The summed E-state index contributed by atoms with van der Waals surface area (Å²) in [5.41, 5.74) is 11.7. The number of hydrogen-bond donors (Lipinski definition) is 2. The Morgan fingerprint density at radius 3 is 1.05 bits per heavy atom. The number of guanidine groups is 1. The number of nitrogens with zero attached hydrogens (tertiary/aromatic N) is 2. The highest BCUT2D eigenvalue weighted by Crippen LogP contribution is 2.15. The minimum atomic E-state index is -0.228. The van der Waals surface area contributed by atoms with Gasteiger partial charge < -0.3 is 16.4 Å². The third-order valence-electron chi connectivity index (χ3n) is 8.99. The largest absolute Gasteiger partial charge is 0.370 e. The van der Waals surface area contributed by atoms with E-state index in [4.69, 9.17) is 11.5 Å². The Kier molecular flexibility index (Phi) is 34.2. The van der Waals surface area contributed by atoms with Gasteiger partial charge in [-0.05, 0) is 25.7 Å². The first-order chi connectivity index (χ1) is 21.1. The fraction of sp³-hybridized carbons (Fsp3) is 0.947. The minimum absolute atomic E-state index is 0.228. The number of rotatable bonds is 35. The van der Waals surface area contributed by atoms with Crippen molar-refractivity contribution in [1.29, 1.82) is 0 Å². The van der Waals surface area contributed by atoms with Gasteiger partial charge in [-0.2, -0.15) is 0 Å². The van der Waals surface area contributed by atoms with Crippen LogP contribution in [0.15, 0.2) is 4.99 Å². The highest BCUT2D eigenvalue weighted by atomic mass is 16.1. The van der Waals surface area contributed by atoms with Crippen molar-refractivity contribution in [2.45, 2.75) is 213 Å². The Morgan fingerprint density at radius 1 is 0.442 bits per heavy atom. The molecule has 0 fully saturated rings. The Labute approximate surface area is 270 Å². The molecule has 4 N–H and O–H groups in total. The fourth-order valence-corrected chi connectivity index (χ4v) is 6.04. The maximum absolute atomic E-state index is 11.0. The molecule has 0 aliphatic heterocycles. The molecule has 43 heavy (non-hydrogen) atoms. The molecule has 0 aromatic rings. The van der Waals surface area contributed by atoms with E-state index in [1.807, 2.05) is 0 Å². The lowest BCUT2D eigenvalue weighted by Crippen LogP contribution is -2.39. The zero-order valence-corrected chi connectivity index (χ0v) is 29.5. The van der Waals surface area contributed by atoms with E-state index in [1.54, 1.807) is 0 Å². The number of amides is 1. The molecule has 0 bridgehead atoms. The normalized spacial score (nSPS) is 11.8. The molecule has 1 amide bonds. The van der Waals surface area contributed by atoms with Crippen LogP contribution in [0.3, 0.4) is 0 Å². The lowest BCUT2D eigenvalue weighted by Gasteiger charge is -2.24. The lowest BCUT2D eigenvalue weighted by atomic mass is 10.0. The zero-order valence-electron chi connectivity index (χ0n) is 29.5. The van der Waals surface area contributed by atoms with E-state index < -0.39 is 0 Å². The summed E-state index contributed by atoms with van der Waals surface area (Å²) in [6, 6.07) is 0. The molecule has 0 unspecified atom stereocenters. The molecule has 0 aromatic heterocycles. The number of hydrogen-bond acceptors (Lipinski definition) is 2. The second kappa shape index (κ2) is 35.2. The summed E-state index contributed by atoms with van der Waals surface area (Å²) in [7, 11) is 0. The number of carbonyl (C=O) groups excluding carboxylic acids is 1. The van der Waals surface area contributed by atoms with E-state index in [0.29, 0.717) is 18.9 Å². The SMILES string of the molecule is CCCCCCCCCCCCCCCCN(CCCCCCCCCCCCCCCC)C(N)=NCCCCC(N)=O. The fourth-order valence-electron chi connectivity index (χ4n) is 6.04. The summed E-state index contributed by atoms with van der Waals surface area (Å²) in [5.74, 6) is 0.470. The van der Waals surface area contributed by atoms with Crippen molar-refractivity contribution < 1.29 is 4.79 Å². The van der Waals surface area contributed by atoms with Gasteiger partial charge in [-0.15, -0.1) is 0 Å². The highest BCUT2D eigenvalue weighted by molar-refractivity contribution is 5.78. The zero-order chi connectivity index (χ0) is 31.5. The number of nitrogens with two attached hydrogens (primary N) is 2. The van der Waals surface area contributed by atoms with Gasteiger partial charge >= 0.3 is 0 Å². The van der Waals surface area contributed by atoms with Crippen LogP contribution in [0.25, 0.3) is 0 Å². The molecule has 0 radical (unpaired) electrons. The molecular weight excluding hydrogens is 528 g/mol. The van der Waals surface area contributed by atoms with Crippen molar-refractivity contribution in [3.8, 4) is 0 Å². The number of carbonyl (C=O) groups is 1. The molecule has 256 valence electrons. The van der Waals surface area contributed by atoms with Crippen LogP contribution < -0.4 is 11.5 Å². The van der Waals surface area contributed by atoms with E-state index in [-0.39, 0.29) is 5.91 Å². The van der Waals surface area contributed by atoms with Gasteiger partial charge in [-0.25, -0.2) is 0 Å². The van der Waals surface area contributed by atoms with Crippen molar-refractivity contribution in [3.05, 3.63) is 0 Å². The summed E-state index contributed by atoms with van der Waals surface area (Å²) in [6.07, 6.45) is 40.9. The van der Waals surface area contributed by atoms with Gasteiger partial charge in [0, 0.05) is 26.1 Å². The first-order valence-electron chi connectivity index (χ1n) is 19.4. The third-order valence-corrected chi connectivity index (χ3v) is 8.99. The summed E-state index contributed by atoms with van der Waals surface area (Å²) in [5, 5.41) is 0. The molecule has 0 saturated carbocycles. The van der Waals surface area contributed by atoms with Crippen molar-refractivity contribution in [2.75, 3.05) is 19.6 Å². The maximum Gasteiger partial charge on any atom is 0.217 e. The lowest BCUT2D eigenvalue weighted by molar-refractivity contribution is -0.118. The summed E-state index contributed by atoms with van der Waals surface area (Å²) in [4.78, 5) is 18.0. The Balaban J connectivity index is 4.01. The van der Waals surface area contributed by atoms with Crippen molar-refractivity contribution in [2.24, 2.45) is 16.5 Å². The first-order valence-corrected chi connectivity index (χ1v) is 19.4. The molecule has 0 saturated heterocycles. The van der Waals surface area contributed by atoms with Crippen LogP contribution in [0.2, 0.25) is 0 Å². The van der Waals surface area contributed by atoms with E-state index in [9.17, 15) is 4.79 Å². The number of aliphatic imine (C=N–C) groups is 1. The monoisotopic (exact) mass is 607 g/mol. The molecule has 5 nitrogen and oxygen atoms in total. The first kappa shape index (κ1) is 41.7. The van der Waals surface area contributed by atoms with Crippen LogP contribution in [-0.4, -0.2) is 36.4 Å². The summed E-state index contributed by atoms with van der Waals surface area (Å²) in [6.45, 7) is 7.31. The van der Waals surface area contributed by atoms with Crippen molar-refractivity contribution in [1.82, 2.24) is 4.90 Å². The predicted octanol–water partition coefficient (Wildman–Crippen LogP) is 11.2. The molecule has 0 aliphatic carbocycles. The average molecular weight is 607 g/mol. The van der Waals surface area contributed by atoms with Gasteiger partial charge in [0.1, 0.15) is 0 Å². The van der Waals surface area contributed by atoms with E-state index in [2.05, 4.69) is 23.7 Å². The molecule has 5 heteroatoms. The van der Waals surface area contributed by atoms with Crippen LogP contribution in [0, 0.1) is 0 Å². The molecule has 0 aromatic carbocycles. The van der Waals surface area contributed by atoms with Crippen LogP contribution in [0.5, 0.6) is 0 Å². The molecule has 0 atom stereocenters. The maximum atomic E-state index is 11.0. The van der Waals surface area contributed by atoms with Gasteiger partial charge in [0.15, 0.2) is 5.96 Å². The molecule has 0 heterocycles. The van der Waals surface area contributed by atoms with Crippen LogP contribution in [0.1, 0.15) is 213 Å². The Bertz CT molecular complexity index is 562. The smallest absolute Gasteiger partial charge is 0.217 e. The second-order valence-corrected chi connectivity index (χ2v) is 13.3. The average Bonchev–Trinajstić information content (AvgIpc) is 2.99. The third kappa shape index (κ3) is 33.5. The Hall–Kier alpha value is -1.26. The number of unbranched alkanes of at least 4 members (excludes halogenated alkanes) is 27. The van der Waals surface area contributed by atoms with Gasteiger partial charge in [-0.1, -0.05) is 181 Å². The molecule has 0 aliphatic rings. The van der Waals surface area contributed by atoms with Crippen LogP contribution in [0.4, 0.5) is 0 Å². The van der Waals surface area contributed by atoms with Gasteiger partial charge in [0.2, 0.25) is 5.91 Å². The van der Waals surface area contributed by atoms with Gasteiger partial charge in [-0.3, -0.25) is 9.79 Å².